The lowest BCUT2D eigenvalue weighted by atomic mass is 10.1. The third kappa shape index (κ3) is 4.06. The van der Waals surface area contributed by atoms with E-state index in [1.165, 1.54) is 29.2 Å². The van der Waals surface area contributed by atoms with Crippen molar-refractivity contribution < 1.29 is 23.5 Å². The van der Waals surface area contributed by atoms with Gasteiger partial charge < -0.3 is 19.7 Å². The number of likely N-dealkylation sites (N-methyl/N-ethyl adjacent to an activating group) is 1. The highest BCUT2D eigenvalue weighted by Crippen LogP contribution is 2.33. The molecule has 1 fully saturated rings. The van der Waals surface area contributed by atoms with Crippen molar-refractivity contribution in [3.63, 3.8) is 0 Å². The van der Waals surface area contributed by atoms with Crippen molar-refractivity contribution in [3.8, 4) is 11.5 Å². The highest BCUT2D eigenvalue weighted by atomic mass is 32.1. The molecule has 2 aromatic rings. The van der Waals surface area contributed by atoms with Crippen LogP contribution in [0.4, 0.5) is 10.1 Å². The summed E-state index contributed by atoms with van der Waals surface area (Å²) >= 11 is 5.42. The average Bonchev–Trinajstić information content (AvgIpc) is 3.27. The minimum atomic E-state index is -0.683. The number of thiocarbonyl (C=S) groups is 1. The van der Waals surface area contributed by atoms with Crippen LogP contribution in [0, 0.1) is 5.82 Å². The predicted octanol–water partition coefficient (Wildman–Crippen LogP) is 2.55. The normalized spacial score (nSPS) is 17.6. The molecule has 2 aliphatic rings. The van der Waals surface area contributed by atoms with Gasteiger partial charge in [0.25, 0.3) is 5.91 Å². The summed E-state index contributed by atoms with van der Waals surface area (Å²) < 4.78 is 23.8. The lowest BCUT2D eigenvalue weighted by Crippen LogP contribution is -2.39. The van der Waals surface area contributed by atoms with Crippen LogP contribution < -0.4 is 14.8 Å². The zero-order valence-electron chi connectivity index (χ0n) is 16.3. The smallest absolute Gasteiger partial charge is 0.251 e. The Hall–Kier alpha value is -3.20. The Morgan fingerprint density at radius 3 is 2.70 bits per heavy atom. The number of nitrogens with one attached hydrogen (secondary N) is 1. The number of nitrogens with zero attached hydrogens (tertiary/aromatic N) is 2. The van der Waals surface area contributed by atoms with Crippen LogP contribution in [0.15, 0.2) is 42.5 Å². The summed E-state index contributed by atoms with van der Waals surface area (Å²) in [5.41, 5.74) is 1.48. The summed E-state index contributed by atoms with van der Waals surface area (Å²) in [5.74, 6) is 0.451. The van der Waals surface area contributed by atoms with Gasteiger partial charge in [0.2, 0.25) is 12.7 Å². The number of rotatable bonds is 6. The van der Waals surface area contributed by atoms with E-state index in [9.17, 15) is 14.0 Å². The molecule has 0 spiro atoms. The maximum atomic E-state index is 13.0. The summed E-state index contributed by atoms with van der Waals surface area (Å²) in [6.45, 7) is 0.683. The van der Waals surface area contributed by atoms with E-state index in [2.05, 4.69) is 5.32 Å². The quantitative estimate of drug-likeness (QED) is 0.712. The molecular weight excluding hydrogens is 409 g/mol. The fourth-order valence-electron chi connectivity index (χ4n) is 3.49. The molecule has 156 valence electrons. The van der Waals surface area contributed by atoms with Gasteiger partial charge >= 0.3 is 0 Å². The SMILES string of the molecule is CN1C(=O)C(CC(=O)Nc2ccc(F)cc2)N(CCc2ccc3c(c2)OCO3)C1=S. The van der Waals surface area contributed by atoms with Gasteiger partial charge in [-0.15, -0.1) is 0 Å². The Morgan fingerprint density at radius 1 is 1.20 bits per heavy atom. The fourth-order valence-corrected chi connectivity index (χ4v) is 3.80. The van der Waals surface area contributed by atoms with Crippen LogP contribution >= 0.6 is 12.2 Å². The standard InChI is InChI=1S/C21H20FN3O4S/c1-24-20(27)16(11-19(26)23-15-5-3-14(22)4-6-15)25(21(24)30)9-8-13-2-7-17-18(10-13)29-12-28-17/h2-7,10,16H,8-9,11-12H2,1H3,(H,23,26). The molecule has 1 atom stereocenters. The van der Waals surface area contributed by atoms with Crippen molar-refractivity contribution in [2.75, 3.05) is 25.7 Å². The van der Waals surface area contributed by atoms with E-state index in [0.29, 0.717) is 35.3 Å². The molecule has 0 bridgehead atoms. The van der Waals surface area contributed by atoms with E-state index in [1.807, 2.05) is 18.2 Å². The van der Waals surface area contributed by atoms with Crippen molar-refractivity contribution in [1.82, 2.24) is 9.80 Å². The summed E-state index contributed by atoms with van der Waals surface area (Å²) in [4.78, 5) is 28.3. The van der Waals surface area contributed by atoms with Crippen LogP contribution in [0.1, 0.15) is 12.0 Å². The number of fused-ring (bicyclic) bond motifs is 1. The molecule has 2 aliphatic heterocycles. The van der Waals surface area contributed by atoms with Gasteiger partial charge in [0, 0.05) is 19.3 Å². The minimum Gasteiger partial charge on any atom is -0.454 e. The molecule has 9 heteroatoms. The average molecular weight is 429 g/mol. The largest absolute Gasteiger partial charge is 0.454 e. The van der Waals surface area contributed by atoms with E-state index >= 15 is 0 Å². The molecule has 0 radical (unpaired) electrons. The first-order valence-electron chi connectivity index (χ1n) is 9.44. The molecule has 0 aromatic heterocycles. The van der Waals surface area contributed by atoms with Crippen LogP contribution in [-0.2, 0) is 16.0 Å². The molecule has 7 nitrogen and oxygen atoms in total. The first-order valence-corrected chi connectivity index (χ1v) is 9.85. The van der Waals surface area contributed by atoms with Crippen molar-refractivity contribution in [3.05, 3.63) is 53.8 Å². The number of hydrogen-bond donors (Lipinski definition) is 1. The van der Waals surface area contributed by atoms with Crippen LogP contribution in [0.2, 0.25) is 0 Å². The molecule has 1 unspecified atom stereocenters. The number of hydrogen-bond acceptors (Lipinski definition) is 5. The van der Waals surface area contributed by atoms with E-state index in [1.54, 1.807) is 11.9 Å². The summed E-state index contributed by atoms with van der Waals surface area (Å²) in [5, 5.41) is 3.08. The zero-order chi connectivity index (χ0) is 21.3. The summed E-state index contributed by atoms with van der Waals surface area (Å²) in [6, 6.07) is 10.5. The van der Waals surface area contributed by atoms with E-state index in [0.717, 1.165) is 5.56 Å². The Labute approximate surface area is 178 Å². The first kappa shape index (κ1) is 20.1. The Kier molecular flexibility index (Phi) is 5.54. The maximum Gasteiger partial charge on any atom is 0.251 e. The molecule has 2 aromatic carbocycles. The molecule has 30 heavy (non-hydrogen) atoms. The summed E-state index contributed by atoms with van der Waals surface area (Å²) in [6.07, 6.45) is 0.565. The lowest BCUT2D eigenvalue weighted by Gasteiger charge is -2.23. The number of ether oxygens (including phenoxy) is 2. The van der Waals surface area contributed by atoms with E-state index < -0.39 is 6.04 Å². The van der Waals surface area contributed by atoms with Crippen LogP contribution in [-0.4, -0.2) is 53.2 Å². The lowest BCUT2D eigenvalue weighted by molar-refractivity contribution is -0.130. The molecule has 4 rings (SSSR count). The third-order valence-corrected chi connectivity index (χ3v) is 5.62. The minimum absolute atomic E-state index is 0.0537. The fraction of sp³-hybridized carbons (Fsp3) is 0.286. The van der Waals surface area contributed by atoms with Crippen molar-refractivity contribution >= 4 is 34.8 Å². The number of carbonyl (C=O) groups is 2. The molecule has 0 aliphatic carbocycles. The molecule has 1 N–H and O–H groups in total. The van der Waals surface area contributed by atoms with Gasteiger partial charge in [-0.25, -0.2) is 4.39 Å². The van der Waals surface area contributed by atoms with Gasteiger partial charge in [0.15, 0.2) is 16.6 Å². The number of halogens is 1. The Morgan fingerprint density at radius 2 is 1.93 bits per heavy atom. The second kappa shape index (κ2) is 8.27. The van der Waals surface area contributed by atoms with Crippen LogP contribution in [0.3, 0.4) is 0 Å². The second-order valence-corrected chi connectivity index (χ2v) is 7.45. The second-order valence-electron chi connectivity index (χ2n) is 7.09. The zero-order valence-corrected chi connectivity index (χ0v) is 17.1. The van der Waals surface area contributed by atoms with Crippen molar-refractivity contribution in [2.24, 2.45) is 0 Å². The first-order chi connectivity index (χ1) is 14.4. The third-order valence-electron chi connectivity index (χ3n) is 5.11. The molecule has 2 heterocycles. The van der Waals surface area contributed by atoms with Gasteiger partial charge in [-0.05, 0) is 60.6 Å². The predicted molar refractivity (Wildman–Crippen MR) is 112 cm³/mol. The number of amides is 2. The molecular formula is C21H20FN3O4S. The van der Waals surface area contributed by atoms with Crippen LogP contribution in [0.25, 0.3) is 0 Å². The van der Waals surface area contributed by atoms with Gasteiger partial charge in [-0.2, -0.15) is 0 Å². The topological polar surface area (TPSA) is 71.1 Å². The molecule has 0 saturated carbocycles. The summed E-state index contributed by atoms with van der Waals surface area (Å²) in [7, 11) is 1.61. The van der Waals surface area contributed by atoms with E-state index in [4.69, 9.17) is 21.7 Å². The number of anilines is 1. The Bertz CT molecular complexity index is 998. The van der Waals surface area contributed by atoms with Crippen molar-refractivity contribution in [2.45, 2.75) is 18.9 Å². The van der Waals surface area contributed by atoms with Crippen LogP contribution in [0.5, 0.6) is 11.5 Å². The van der Waals surface area contributed by atoms with E-state index in [-0.39, 0.29) is 30.8 Å². The highest BCUT2D eigenvalue weighted by molar-refractivity contribution is 7.80. The van der Waals surface area contributed by atoms with Gasteiger partial charge in [0.05, 0.1) is 6.42 Å². The van der Waals surface area contributed by atoms with Gasteiger partial charge in [0.1, 0.15) is 11.9 Å². The van der Waals surface area contributed by atoms with Gasteiger partial charge in [-0.3, -0.25) is 14.5 Å². The molecule has 1 saturated heterocycles. The maximum absolute atomic E-state index is 13.0. The highest BCUT2D eigenvalue weighted by Gasteiger charge is 2.41. The molecule has 2 amide bonds. The van der Waals surface area contributed by atoms with Crippen molar-refractivity contribution in [1.29, 1.82) is 0 Å². The number of carbonyl (C=O) groups excluding carboxylic acids is 2. The number of benzene rings is 2. The monoisotopic (exact) mass is 429 g/mol. The van der Waals surface area contributed by atoms with Gasteiger partial charge in [-0.1, -0.05) is 6.07 Å². The Balaban J connectivity index is 1.42.